The monoisotopic (exact) mass is 260 g/mol. The van der Waals surface area contributed by atoms with Gasteiger partial charge in [-0.3, -0.25) is 0 Å². The van der Waals surface area contributed by atoms with Crippen LogP contribution in [0.15, 0.2) is 24.3 Å². The van der Waals surface area contributed by atoms with Crippen LogP contribution in [0.3, 0.4) is 0 Å². The molecule has 0 aliphatic carbocycles. The summed E-state index contributed by atoms with van der Waals surface area (Å²) in [5.74, 6) is 0. The van der Waals surface area contributed by atoms with Crippen molar-refractivity contribution in [1.29, 1.82) is 0 Å². The second kappa shape index (κ2) is 6.03. The van der Waals surface area contributed by atoms with E-state index in [0.717, 1.165) is 0 Å². The molecule has 0 unspecified atom stereocenters. The zero-order chi connectivity index (χ0) is 11.7. The van der Waals surface area contributed by atoms with Crippen LogP contribution in [0.2, 0.25) is 39.3 Å². The molecule has 0 saturated carbocycles. The van der Waals surface area contributed by atoms with E-state index in [4.69, 9.17) is 0 Å². The third-order valence-corrected chi connectivity index (χ3v) is 27.3. The minimum absolute atomic E-state index is 0. The Labute approximate surface area is 116 Å². The van der Waals surface area contributed by atoms with Gasteiger partial charge in [-0.05, 0) is 0 Å². The first-order chi connectivity index (χ1) is 6.73. The quantitative estimate of drug-likeness (QED) is 0.436. The fourth-order valence-corrected chi connectivity index (χ4v) is 35.5. The Bertz CT molecular complexity index is 300. The number of rotatable bonds is 3. The Morgan fingerprint density at radius 3 is 1.75 bits per heavy atom. The number of hydrogen-bond donors (Lipinski definition) is 0. The molecular weight excluding hydrogens is 238 g/mol. The molecule has 0 fully saturated rings. The molecule has 0 atom stereocenters. The van der Waals surface area contributed by atoms with E-state index >= 15 is 0 Å². The molecule has 0 aliphatic heterocycles. The SMILES string of the molecule is C[Si](C)(C)P(c1[c-]cccc1)[Si](C)(C)C.[Li+]. The first-order valence-electron chi connectivity index (χ1n) is 5.50. The van der Waals surface area contributed by atoms with E-state index in [2.05, 4.69) is 69.6 Å². The van der Waals surface area contributed by atoms with E-state index in [9.17, 15) is 0 Å². The van der Waals surface area contributed by atoms with E-state index < -0.39 is 15.5 Å². The first-order valence-corrected chi connectivity index (χ1v) is 15.5. The van der Waals surface area contributed by atoms with Crippen LogP contribution in [0.4, 0.5) is 0 Å². The third-order valence-electron chi connectivity index (χ3n) is 2.28. The third kappa shape index (κ3) is 4.51. The van der Waals surface area contributed by atoms with E-state index in [1.807, 2.05) is 0 Å². The predicted octanol–water partition coefficient (Wildman–Crippen LogP) is 1.27. The summed E-state index contributed by atoms with van der Waals surface area (Å²) in [6.45, 7) is 15.1. The van der Waals surface area contributed by atoms with Crippen molar-refractivity contribution in [2.75, 3.05) is 0 Å². The molecule has 0 amide bonds. The Balaban J connectivity index is 0.00000225. The molecule has 16 heavy (non-hydrogen) atoms. The van der Waals surface area contributed by atoms with Gasteiger partial charge in [-0.2, -0.15) is 30.3 Å². The van der Waals surface area contributed by atoms with Crippen LogP contribution in [0.1, 0.15) is 0 Å². The van der Waals surface area contributed by atoms with Crippen molar-refractivity contribution in [3.05, 3.63) is 30.3 Å². The van der Waals surface area contributed by atoms with Crippen molar-refractivity contribution < 1.29 is 18.9 Å². The van der Waals surface area contributed by atoms with Gasteiger partial charge in [0.25, 0.3) is 0 Å². The molecule has 0 bridgehead atoms. The Hall–Kier alpha value is 0.681. The van der Waals surface area contributed by atoms with Crippen LogP contribution in [0, 0.1) is 6.07 Å². The standard InChI is InChI=1S/C12H22PSi2.Li/c1-14(2,3)13(15(4,5)6)12-10-8-7-9-11-12;/h7-10H,1-6H3;/q-1;+1. The zero-order valence-corrected chi connectivity index (χ0v) is 14.7. The fourth-order valence-electron chi connectivity index (χ4n) is 2.25. The van der Waals surface area contributed by atoms with Gasteiger partial charge < -0.3 is 0 Å². The molecule has 0 heterocycles. The van der Waals surface area contributed by atoms with E-state index in [-0.39, 0.29) is 25.9 Å². The second-order valence-electron chi connectivity index (χ2n) is 5.92. The molecule has 1 aromatic carbocycles. The Kier molecular flexibility index (Phi) is 6.28. The van der Waals surface area contributed by atoms with Gasteiger partial charge >= 0.3 is 18.9 Å². The molecule has 4 heteroatoms. The van der Waals surface area contributed by atoms with Crippen molar-refractivity contribution in [1.82, 2.24) is 0 Å². The number of hydrogen-bond acceptors (Lipinski definition) is 0. The summed E-state index contributed by atoms with van der Waals surface area (Å²) in [5, 5.41) is 1.52. The normalized spacial score (nSPS) is 12.4. The first kappa shape index (κ1) is 16.7. The van der Waals surface area contributed by atoms with Crippen molar-refractivity contribution in [3.63, 3.8) is 0 Å². The molecule has 0 nitrogen and oxygen atoms in total. The van der Waals surface area contributed by atoms with Crippen molar-refractivity contribution in [2.45, 2.75) is 39.3 Å². The van der Waals surface area contributed by atoms with Gasteiger partial charge in [0.15, 0.2) is 0 Å². The Morgan fingerprint density at radius 2 is 1.44 bits per heavy atom. The van der Waals surface area contributed by atoms with E-state index in [1.54, 1.807) is 0 Å². The van der Waals surface area contributed by atoms with Gasteiger partial charge in [0.05, 0.1) is 15.5 Å². The van der Waals surface area contributed by atoms with E-state index in [1.165, 1.54) is 5.30 Å². The molecule has 1 rings (SSSR count). The smallest absolute Gasteiger partial charge is 0.176 e. The van der Waals surface area contributed by atoms with Crippen LogP contribution < -0.4 is 24.2 Å². The Morgan fingerprint density at radius 1 is 0.938 bits per heavy atom. The largest absolute Gasteiger partial charge is 1.00 e. The van der Waals surface area contributed by atoms with Gasteiger partial charge in [-0.15, -0.1) is 12.3 Å². The van der Waals surface area contributed by atoms with Crippen LogP contribution in [-0.4, -0.2) is 15.5 Å². The molecule has 0 radical (unpaired) electrons. The van der Waals surface area contributed by atoms with Crippen LogP contribution in [-0.2, 0) is 0 Å². The van der Waals surface area contributed by atoms with Crippen LogP contribution >= 0.6 is 7.02 Å². The predicted molar refractivity (Wildman–Crippen MR) is 78.5 cm³/mol. The van der Waals surface area contributed by atoms with Crippen LogP contribution in [0.5, 0.6) is 0 Å². The van der Waals surface area contributed by atoms with Gasteiger partial charge in [0.1, 0.15) is 0 Å². The maximum Gasteiger partial charge on any atom is 1.00 e. The zero-order valence-electron chi connectivity index (χ0n) is 11.8. The molecular formula is C12H22LiPSi2. The second-order valence-corrected chi connectivity index (χ2v) is 27.8. The van der Waals surface area contributed by atoms with Crippen molar-refractivity contribution in [3.8, 4) is 0 Å². The molecule has 0 saturated heterocycles. The van der Waals surface area contributed by atoms with Crippen LogP contribution in [0.25, 0.3) is 0 Å². The topological polar surface area (TPSA) is 0 Å². The molecule has 84 valence electrons. The summed E-state index contributed by atoms with van der Waals surface area (Å²) in [6.07, 6.45) is 0. The molecule has 0 aromatic heterocycles. The molecule has 1 aromatic rings. The minimum Gasteiger partial charge on any atom is -0.176 e. The van der Waals surface area contributed by atoms with Gasteiger partial charge in [-0.25, -0.2) is 0 Å². The maximum atomic E-state index is 3.48. The average molecular weight is 260 g/mol. The van der Waals surface area contributed by atoms with Crippen molar-refractivity contribution in [2.24, 2.45) is 0 Å². The van der Waals surface area contributed by atoms with Gasteiger partial charge in [-0.1, -0.05) is 39.3 Å². The van der Waals surface area contributed by atoms with E-state index in [0.29, 0.717) is 0 Å². The van der Waals surface area contributed by atoms with Crippen molar-refractivity contribution >= 4 is 27.8 Å². The maximum absolute atomic E-state index is 3.48. The van der Waals surface area contributed by atoms with Gasteiger partial charge in [0.2, 0.25) is 0 Å². The summed E-state index contributed by atoms with van der Waals surface area (Å²) >= 11 is 0. The summed E-state index contributed by atoms with van der Waals surface area (Å²) in [4.78, 5) is 0. The molecule has 0 spiro atoms. The van der Waals surface area contributed by atoms with Gasteiger partial charge in [0, 0.05) is 0 Å². The average Bonchev–Trinajstić information content (AvgIpc) is 2.00. The number of benzene rings is 1. The molecule has 0 N–H and O–H groups in total. The summed E-state index contributed by atoms with van der Waals surface area (Å²) in [5.41, 5.74) is 0. The summed E-state index contributed by atoms with van der Waals surface area (Å²) in [6, 6.07) is 12.1. The molecule has 0 aliphatic rings. The summed E-state index contributed by atoms with van der Waals surface area (Å²) in [7, 11) is -2.05. The summed E-state index contributed by atoms with van der Waals surface area (Å²) < 4.78 is 0. The minimum atomic E-state index is -1.07. The fraction of sp³-hybridized carbons (Fsp3) is 0.500.